The summed E-state index contributed by atoms with van der Waals surface area (Å²) in [7, 11) is 0. The summed E-state index contributed by atoms with van der Waals surface area (Å²) >= 11 is 0. The van der Waals surface area contributed by atoms with Crippen LogP contribution >= 0.6 is 0 Å². The minimum Gasteiger partial charge on any atom is -0.481 e. The number of hydrogen-bond donors (Lipinski definition) is 6. The van der Waals surface area contributed by atoms with Crippen molar-refractivity contribution in [1.29, 1.82) is 0 Å². The third-order valence-corrected chi connectivity index (χ3v) is 8.17. The van der Waals surface area contributed by atoms with Crippen molar-refractivity contribution >= 4 is 35.6 Å². The monoisotopic (exact) mass is 647 g/mol. The van der Waals surface area contributed by atoms with Gasteiger partial charge in [0.25, 0.3) is 0 Å². The van der Waals surface area contributed by atoms with Crippen molar-refractivity contribution < 1.29 is 44.1 Å². The van der Waals surface area contributed by atoms with Crippen LogP contribution in [0.25, 0.3) is 0 Å². The van der Waals surface area contributed by atoms with Gasteiger partial charge in [-0.2, -0.15) is 0 Å². The van der Waals surface area contributed by atoms with Gasteiger partial charge in [-0.1, -0.05) is 101 Å². The second-order valence-corrected chi connectivity index (χ2v) is 11.9. The van der Waals surface area contributed by atoms with Crippen molar-refractivity contribution in [2.75, 3.05) is 0 Å². The standard InChI is InChI=1S/3C9H19NO.C6H8O6/c3*1-4-8(5-2)6-7(3)9(10)11;7-4(8)1-3(6(11)12)2-5(9)10/h3*7-8H,4-6H2,1-3H3,(H2,10,11);3H,1-2H2,(H,7,8)(H,9,10)(H,11,12). The zero-order chi connectivity index (χ0) is 36.3. The predicted octanol–water partition coefficient (Wildman–Crippen LogP) is 5.44. The number of primary amides is 3. The molecule has 0 radical (unpaired) electrons. The van der Waals surface area contributed by atoms with Gasteiger partial charge in [0.1, 0.15) is 0 Å². The molecule has 45 heavy (non-hydrogen) atoms. The summed E-state index contributed by atoms with van der Waals surface area (Å²) in [5.41, 5.74) is 15.5. The molecule has 12 heteroatoms. The first-order valence-corrected chi connectivity index (χ1v) is 16.3. The Morgan fingerprint density at radius 3 is 0.778 bits per heavy atom. The molecule has 0 heterocycles. The van der Waals surface area contributed by atoms with Crippen LogP contribution in [0.3, 0.4) is 0 Å². The summed E-state index contributed by atoms with van der Waals surface area (Å²) in [6, 6.07) is 0. The lowest BCUT2D eigenvalue weighted by atomic mass is 9.91. The molecule has 0 saturated heterocycles. The summed E-state index contributed by atoms with van der Waals surface area (Å²) < 4.78 is 0. The van der Waals surface area contributed by atoms with Crippen LogP contribution < -0.4 is 17.2 Å². The Bertz CT molecular complexity index is 752. The van der Waals surface area contributed by atoms with E-state index in [9.17, 15) is 28.8 Å². The first kappa shape index (κ1) is 48.7. The molecule has 3 amide bonds. The van der Waals surface area contributed by atoms with Crippen molar-refractivity contribution in [3.8, 4) is 0 Å². The predicted molar refractivity (Wildman–Crippen MR) is 177 cm³/mol. The van der Waals surface area contributed by atoms with E-state index in [1.54, 1.807) is 0 Å². The first-order valence-electron chi connectivity index (χ1n) is 16.3. The molecule has 0 aromatic heterocycles. The third-order valence-electron chi connectivity index (χ3n) is 8.17. The quantitative estimate of drug-likeness (QED) is 0.0984. The molecule has 3 atom stereocenters. The van der Waals surface area contributed by atoms with Crippen molar-refractivity contribution in [1.82, 2.24) is 0 Å². The van der Waals surface area contributed by atoms with Gasteiger partial charge in [0.2, 0.25) is 17.7 Å². The number of aliphatic carboxylic acids is 3. The second-order valence-electron chi connectivity index (χ2n) is 11.9. The molecule has 0 aliphatic carbocycles. The third kappa shape index (κ3) is 30.6. The minimum atomic E-state index is -1.40. The van der Waals surface area contributed by atoms with Crippen molar-refractivity contribution in [3.05, 3.63) is 0 Å². The van der Waals surface area contributed by atoms with Crippen LogP contribution in [-0.2, 0) is 28.8 Å². The molecule has 266 valence electrons. The zero-order valence-electron chi connectivity index (χ0n) is 29.3. The Labute approximate surface area is 271 Å². The summed E-state index contributed by atoms with van der Waals surface area (Å²) in [5, 5.41) is 24.7. The Hall–Kier alpha value is -3.18. The van der Waals surface area contributed by atoms with E-state index in [1.807, 2.05) is 20.8 Å². The molecular weight excluding hydrogens is 582 g/mol. The van der Waals surface area contributed by atoms with Gasteiger partial charge in [-0.15, -0.1) is 0 Å². The van der Waals surface area contributed by atoms with Gasteiger partial charge >= 0.3 is 17.9 Å². The normalized spacial score (nSPS) is 12.5. The molecule has 0 aliphatic heterocycles. The molecule has 0 aliphatic rings. The number of hydrogen-bond acceptors (Lipinski definition) is 6. The summed E-state index contributed by atoms with van der Waals surface area (Å²) in [6.45, 7) is 18.6. The van der Waals surface area contributed by atoms with E-state index in [1.165, 1.54) is 0 Å². The Morgan fingerprint density at radius 2 is 0.667 bits per heavy atom. The number of amides is 3. The van der Waals surface area contributed by atoms with Crippen molar-refractivity contribution in [2.24, 2.45) is 58.6 Å². The number of nitrogens with two attached hydrogens (primary N) is 3. The molecule has 3 unspecified atom stereocenters. The molecule has 0 aromatic rings. The number of carbonyl (C=O) groups excluding carboxylic acids is 3. The van der Waals surface area contributed by atoms with E-state index in [2.05, 4.69) is 41.5 Å². The van der Waals surface area contributed by atoms with Crippen molar-refractivity contribution in [2.45, 2.75) is 133 Å². The number of carbonyl (C=O) groups is 6. The van der Waals surface area contributed by atoms with Gasteiger partial charge < -0.3 is 32.5 Å². The lowest BCUT2D eigenvalue weighted by Crippen LogP contribution is -2.22. The van der Waals surface area contributed by atoms with E-state index in [4.69, 9.17) is 32.5 Å². The molecule has 0 bridgehead atoms. The Kier molecular flexibility index (Phi) is 32.0. The molecule has 0 aromatic carbocycles. The molecule has 0 fully saturated rings. The zero-order valence-corrected chi connectivity index (χ0v) is 29.3. The average molecular weight is 648 g/mol. The van der Waals surface area contributed by atoms with Crippen LogP contribution in [0.2, 0.25) is 0 Å². The SMILES string of the molecule is CCC(CC)CC(C)C(N)=O.CCC(CC)CC(C)C(N)=O.CCC(CC)CC(C)C(N)=O.O=C(O)CC(CC(=O)O)C(=O)O. The van der Waals surface area contributed by atoms with Crippen LogP contribution in [0.5, 0.6) is 0 Å². The number of carboxylic acid groups (broad SMARTS) is 3. The van der Waals surface area contributed by atoms with Crippen LogP contribution in [-0.4, -0.2) is 50.9 Å². The highest BCUT2D eigenvalue weighted by molar-refractivity contribution is 5.82. The van der Waals surface area contributed by atoms with E-state index in [0.29, 0.717) is 17.8 Å². The highest BCUT2D eigenvalue weighted by Crippen LogP contribution is 2.19. The highest BCUT2D eigenvalue weighted by atomic mass is 16.4. The lowest BCUT2D eigenvalue weighted by molar-refractivity contribution is -0.152. The van der Waals surface area contributed by atoms with Crippen LogP contribution in [0, 0.1) is 41.4 Å². The number of rotatable bonds is 20. The smallest absolute Gasteiger partial charge is 0.307 e. The largest absolute Gasteiger partial charge is 0.481 e. The van der Waals surface area contributed by atoms with Gasteiger partial charge in [0.05, 0.1) is 18.8 Å². The lowest BCUT2D eigenvalue weighted by Gasteiger charge is -2.15. The van der Waals surface area contributed by atoms with E-state index < -0.39 is 36.7 Å². The maximum atomic E-state index is 10.7. The fraction of sp³-hybridized carbons (Fsp3) is 0.818. The molecule has 0 rings (SSSR count). The summed E-state index contributed by atoms with van der Waals surface area (Å²) in [5.74, 6) is -3.77. The van der Waals surface area contributed by atoms with Crippen LogP contribution in [0.1, 0.15) is 133 Å². The molecule has 12 nitrogen and oxygen atoms in total. The second kappa shape index (κ2) is 29.5. The van der Waals surface area contributed by atoms with Crippen LogP contribution in [0.4, 0.5) is 0 Å². The van der Waals surface area contributed by atoms with Gasteiger partial charge in [0.15, 0.2) is 0 Å². The highest BCUT2D eigenvalue weighted by Gasteiger charge is 2.23. The summed E-state index contributed by atoms with van der Waals surface area (Å²) in [4.78, 5) is 62.4. The maximum Gasteiger partial charge on any atom is 0.307 e. The molecular formula is C33H65N3O9. The van der Waals surface area contributed by atoms with Crippen LogP contribution in [0.15, 0.2) is 0 Å². The Balaban J connectivity index is -0.000000249. The van der Waals surface area contributed by atoms with Gasteiger partial charge in [-0.3, -0.25) is 28.8 Å². The van der Waals surface area contributed by atoms with E-state index in [-0.39, 0.29) is 35.5 Å². The first-order chi connectivity index (χ1) is 20.8. The molecule has 0 saturated carbocycles. The maximum absolute atomic E-state index is 10.7. The van der Waals surface area contributed by atoms with Gasteiger partial charge in [-0.25, -0.2) is 0 Å². The topological polar surface area (TPSA) is 241 Å². The fourth-order valence-corrected chi connectivity index (χ4v) is 4.38. The van der Waals surface area contributed by atoms with E-state index in [0.717, 1.165) is 57.8 Å². The fourth-order valence-electron chi connectivity index (χ4n) is 4.38. The minimum absolute atomic E-state index is 0.0416. The van der Waals surface area contributed by atoms with Gasteiger partial charge in [-0.05, 0) is 37.0 Å². The Morgan fingerprint density at radius 1 is 0.467 bits per heavy atom. The molecule has 9 N–H and O–H groups in total. The summed E-state index contributed by atoms with van der Waals surface area (Å²) in [6.07, 6.45) is 8.39. The number of carboxylic acids is 3. The van der Waals surface area contributed by atoms with E-state index >= 15 is 0 Å². The van der Waals surface area contributed by atoms with Gasteiger partial charge in [0, 0.05) is 17.8 Å². The molecule has 0 spiro atoms. The van der Waals surface area contributed by atoms with Crippen molar-refractivity contribution in [3.63, 3.8) is 0 Å². The average Bonchev–Trinajstić information content (AvgIpc) is 2.96.